The summed E-state index contributed by atoms with van der Waals surface area (Å²) >= 11 is 12.3. The van der Waals surface area contributed by atoms with Crippen molar-refractivity contribution in [1.82, 2.24) is 5.32 Å². The van der Waals surface area contributed by atoms with Crippen molar-refractivity contribution in [2.45, 2.75) is 90.4 Å². The highest BCUT2D eigenvalue weighted by atomic mass is 35.5. The lowest BCUT2D eigenvalue weighted by Crippen LogP contribution is -2.54. The van der Waals surface area contributed by atoms with Gasteiger partial charge in [0.25, 0.3) is 0 Å². The van der Waals surface area contributed by atoms with Gasteiger partial charge in [-0.2, -0.15) is 0 Å². The molecule has 1 aliphatic carbocycles. The molecular formula is C41H50Cl3NO2. The fourth-order valence-electron chi connectivity index (χ4n) is 7.24. The van der Waals surface area contributed by atoms with Crippen LogP contribution in [0.15, 0.2) is 84.9 Å². The van der Waals surface area contributed by atoms with Crippen molar-refractivity contribution < 1.29 is 9.47 Å². The zero-order valence-corrected chi connectivity index (χ0v) is 30.6. The summed E-state index contributed by atoms with van der Waals surface area (Å²) < 4.78 is 13.0. The van der Waals surface area contributed by atoms with E-state index in [4.69, 9.17) is 32.7 Å². The molecule has 5 rings (SSSR count). The Bertz CT molecular complexity index is 1550. The summed E-state index contributed by atoms with van der Waals surface area (Å²) in [6.07, 6.45) is 5.96. The van der Waals surface area contributed by atoms with Crippen molar-refractivity contribution >= 4 is 35.6 Å². The van der Waals surface area contributed by atoms with Crippen molar-refractivity contribution in [3.8, 4) is 0 Å². The number of benzene rings is 4. The van der Waals surface area contributed by atoms with Crippen molar-refractivity contribution in [3.63, 3.8) is 0 Å². The molecular weight excluding hydrogens is 645 g/mol. The number of halogens is 3. The van der Waals surface area contributed by atoms with Gasteiger partial charge in [-0.3, -0.25) is 0 Å². The van der Waals surface area contributed by atoms with Crippen LogP contribution in [0.1, 0.15) is 88.4 Å². The number of hydrogen-bond acceptors (Lipinski definition) is 3. The normalized spacial score (nSPS) is 15.5. The molecule has 6 heteroatoms. The van der Waals surface area contributed by atoms with Crippen molar-refractivity contribution in [2.75, 3.05) is 19.8 Å². The van der Waals surface area contributed by atoms with Gasteiger partial charge in [0.05, 0.1) is 26.4 Å². The minimum Gasteiger partial charge on any atom is -0.376 e. The first-order valence-corrected chi connectivity index (χ1v) is 17.5. The second kappa shape index (κ2) is 17.9. The van der Waals surface area contributed by atoms with Crippen LogP contribution in [0, 0.1) is 27.7 Å². The molecule has 4 aromatic carbocycles. The largest absolute Gasteiger partial charge is 0.376 e. The van der Waals surface area contributed by atoms with Gasteiger partial charge in [-0.15, -0.1) is 12.4 Å². The molecule has 2 unspecified atom stereocenters. The number of nitrogens with one attached hydrogen (secondary N) is 1. The Morgan fingerprint density at radius 1 is 0.638 bits per heavy atom. The Kier molecular flexibility index (Phi) is 14.2. The third kappa shape index (κ3) is 10.3. The SMILES string of the molecule is Cc1ccc(C(CNC2(C(COCc3ccc(Cl)cc3)c3ccc(C)cc3C)CCCCC2)COCc2ccc(Cl)cc2)c(C)c1.Cl. The first-order valence-electron chi connectivity index (χ1n) is 16.8. The van der Waals surface area contributed by atoms with E-state index in [0.29, 0.717) is 26.4 Å². The van der Waals surface area contributed by atoms with Crippen molar-refractivity contribution in [1.29, 1.82) is 0 Å². The summed E-state index contributed by atoms with van der Waals surface area (Å²) in [4.78, 5) is 0. The van der Waals surface area contributed by atoms with Crippen LogP contribution >= 0.6 is 35.6 Å². The Labute approximate surface area is 298 Å². The fraction of sp³-hybridized carbons (Fsp3) is 0.415. The third-order valence-corrected chi connectivity index (χ3v) is 10.3. The molecule has 0 radical (unpaired) electrons. The van der Waals surface area contributed by atoms with Gasteiger partial charge in [0, 0.05) is 34.0 Å². The predicted molar refractivity (Wildman–Crippen MR) is 201 cm³/mol. The first-order chi connectivity index (χ1) is 22.2. The first kappa shape index (κ1) is 37.4. The van der Waals surface area contributed by atoms with E-state index >= 15 is 0 Å². The average Bonchev–Trinajstić information content (AvgIpc) is 3.04. The lowest BCUT2D eigenvalue weighted by Gasteiger charge is -2.46. The predicted octanol–water partition coefficient (Wildman–Crippen LogP) is 11.2. The molecule has 0 amide bonds. The van der Waals surface area contributed by atoms with E-state index in [1.807, 2.05) is 36.4 Å². The van der Waals surface area contributed by atoms with Gasteiger partial charge in [0.15, 0.2) is 0 Å². The van der Waals surface area contributed by atoms with Crippen LogP contribution in [0.25, 0.3) is 0 Å². The van der Waals surface area contributed by atoms with E-state index in [-0.39, 0.29) is 29.8 Å². The van der Waals surface area contributed by atoms with Crippen LogP contribution in [0.4, 0.5) is 0 Å². The van der Waals surface area contributed by atoms with Crippen LogP contribution in [0.3, 0.4) is 0 Å². The maximum Gasteiger partial charge on any atom is 0.0717 e. The van der Waals surface area contributed by atoms with Crippen LogP contribution in [-0.2, 0) is 22.7 Å². The van der Waals surface area contributed by atoms with Crippen molar-refractivity contribution in [3.05, 3.63) is 139 Å². The standard InChI is InChI=1S/C41H49Cl2NO2.ClH/c1-29-8-18-38(31(3)22-29)35(27-45-25-33-10-14-36(42)15-11-33)24-44-41(20-6-5-7-21-41)40(39-19-9-30(2)23-32(39)4)28-46-26-34-12-16-37(43)17-13-34;/h8-19,22-23,35,40,44H,5-7,20-21,24-28H2,1-4H3;1H. The van der Waals surface area contributed by atoms with Gasteiger partial charge in [0.1, 0.15) is 0 Å². The molecule has 1 N–H and O–H groups in total. The van der Waals surface area contributed by atoms with E-state index in [2.05, 4.69) is 81.5 Å². The molecule has 4 aromatic rings. The summed E-state index contributed by atoms with van der Waals surface area (Å²) in [6.45, 7) is 12.1. The number of rotatable bonds is 14. The number of ether oxygens (including phenoxy) is 2. The van der Waals surface area contributed by atoms with Gasteiger partial charge < -0.3 is 14.8 Å². The minimum absolute atomic E-state index is 0. The molecule has 2 atom stereocenters. The second-order valence-corrected chi connectivity index (χ2v) is 14.2. The van der Waals surface area contributed by atoms with E-state index in [0.717, 1.165) is 40.6 Å². The van der Waals surface area contributed by atoms with Gasteiger partial charge >= 0.3 is 0 Å². The van der Waals surface area contributed by atoms with Gasteiger partial charge in [-0.25, -0.2) is 0 Å². The molecule has 0 saturated heterocycles. The summed E-state index contributed by atoms with van der Waals surface area (Å²) in [5, 5.41) is 5.73. The molecule has 252 valence electrons. The lowest BCUT2D eigenvalue weighted by atomic mass is 9.69. The molecule has 0 spiro atoms. The molecule has 0 aliphatic heterocycles. The maximum atomic E-state index is 6.57. The smallest absolute Gasteiger partial charge is 0.0717 e. The van der Waals surface area contributed by atoms with Gasteiger partial charge in [-0.1, -0.05) is 114 Å². The average molecular weight is 695 g/mol. The quantitative estimate of drug-likeness (QED) is 0.142. The Morgan fingerprint density at radius 2 is 1.13 bits per heavy atom. The molecule has 47 heavy (non-hydrogen) atoms. The van der Waals surface area contributed by atoms with Gasteiger partial charge in [0.2, 0.25) is 0 Å². The van der Waals surface area contributed by atoms with Crippen LogP contribution in [0.5, 0.6) is 0 Å². The second-order valence-electron chi connectivity index (χ2n) is 13.4. The highest BCUT2D eigenvalue weighted by Crippen LogP contribution is 2.42. The van der Waals surface area contributed by atoms with Crippen LogP contribution in [-0.4, -0.2) is 25.3 Å². The van der Waals surface area contributed by atoms with Gasteiger partial charge in [-0.05, 0) is 98.2 Å². The molecule has 1 aliphatic rings. The maximum absolute atomic E-state index is 6.57. The van der Waals surface area contributed by atoms with Crippen molar-refractivity contribution in [2.24, 2.45) is 0 Å². The van der Waals surface area contributed by atoms with Crippen LogP contribution < -0.4 is 5.32 Å². The molecule has 3 nitrogen and oxygen atoms in total. The molecule has 0 aromatic heterocycles. The Hall–Kier alpha value is -2.37. The van der Waals surface area contributed by atoms with E-state index in [9.17, 15) is 0 Å². The Morgan fingerprint density at radius 3 is 1.64 bits per heavy atom. The summed E-state index contributed by atoms with van der Waals surface area (Å²) in [5.41, 5.74) is 10.2. The van der Waals surface area contributed by atoms with E-state index < -0.39 is 0 Å². The number of hydrogen-bond donors (Lipinski definition) is 1. The zero-order chi connectivity index (χ0) is 32.5. The topological polar surface area (TPSA) is 30.5 Å². The summed E-state index contributed by atoms with van der Waals surface area (Å²) in [7, 11) is 0. The molecule has 1 fully saturated rings. The number of aryl methyl sites for hydroxylation is 4. The highest BCUT2D eigenvalue weighted by molar-refractivity contribution is 6.30. The monoisotopic (exact) mass is 693 g/mol. The molecule has 0 bridgehead atoms. The molecule has 1 saturated carbocycles. The van der Waals surface area contributed by atoms with Crippen LogP contribution in [0.2, 0.25) is 10.0 Å². The summed E-state index contributed by atoms with van der Waals surface area (Å²) in [6, 6.07) is 29.7. The zero-order valence-electron chi connectivity index (χ0n) is 28.3. The Balaban J connectivity index is 0.00000500. The van der Waals surface area contributed by atoms with E-state index in [1.54, 1.807) is 0 Å². The summed E-state index contributed by atoms with van der Waals surface area (Å²) in [5.74, 6) is 0.428. The molecule has 0 heterocycles. The minimum atomic E-state index is -0.0781. The fourth-order valence-corrected chi connectivity index (χ4v) is 7.49. The van der Waals surface area contributed by atoms with E-state index in [1.165, 1.54) is 52.6 Å². The highest BCUT2D eigenvalue weighted by Gasteiger charge is 2.41. The lowest BCUT2D eigenvalue weighted by molar-refractivity contribution is 0.0572. The third-order valence-electron chi connectivity index (χ3n) is 9.75.